The van der Waals surface area contributed by atoms with Crippen molar-refractivity contribution in [2.24, 2.45) is 9.98 Å². The van der Waals surface area contributed by atoms with Gasteiger partial charge in [-0.2, -0.15) is 0 Å². The van der Waals surface area contributed by atoms with Gasteiger partial charge < -0.3 is 15.0 Å². The van der Waals surface area contributed by atoms with Crippen molar-refractivity contribution in [1.29, 1.82) is 0 Å². The number of carboxylic acids is 1. The van der Waals surface area contributed by atoms with Crippen LogP contribution in [-0.4, -0.2) is 41.1 Å². The second kappa shape index (κ2) is 15.2. The van der Waals surface area contributed by atoms with Crippen LogP contribution in [0.15, 0.2) is 108 Å². The van der Waals surface area contributed by atoms with Gasteiger partial charge in [0.25, 0.3) is 0 Å². The molecule has 0 bridgehead atoms. The summed E-state index contributed by atoms with van der Waals surface area (Å²) in [6, 6.07) is 25.5. The summed E-state index contributed by atoms with van der Waals surface area (Å²) in [5.74, 6) is -1.42. The van der Waals surface area contributed by atoms with Gasteiger partial charge in [0.15, 0.2) is 0 Å². The van der Waals surface area contributed by atoms with Gasteiger partial charge in [-0.05, 0) is 56.2 Å². The van der Waals surface area contributed by atoms with E-state index in [-0.39, 0.29) is 28.4 Å². The number of allylic oxidation sites excluding steroid dienone is 1. The second-order valence-corrected chi connectivity index (χ2v) is 9.48. The number of aliphatic carboxylic acids is 1. The number of unbranched alkanes of at least 4 members (excludes halogenated alkanes) is 1. The quantitative estimate of drug-likeness (QED) is 0.109. The standard InChI is InChI=1S/C32H35N3O3.Ni/c1-2-3-6-20-28(32(37)38)33-30(25-16-9-5-10-17-25)26-18-11-12-19-27(26)34-31(36)29-21-13-22-35(29)23-24-14-7-4-8-15-24;/h2,4-5,7-12,14-19,28-29H,1,3,6,13,20-23H2,(H,34,36)(H,37,38);/q;+2/p-2/t28-,29+;/m0./s1. The first kappa shape index (κ1) is 30.0. The Hall–Kier alpha value is -3.54. The van der Waals surface area contributed by atoms with Crippen LogP contribution in [0.4, 0.5) is 5.69 Å². The van der Waals surface area contributed by atoms with Crippen molar-refractivity contribution in [3.63, 3.8) is 0 Å². The van der Waals surface area contributed by atoms with Gasteiger partial charge in [-0.25, -0.2) is 0 Å². The van der Waals surface area contributed by atoms with Crippen molar-refractivity contribution in [3.8, 4) is 0 Å². The molecule has 7 heteroatoms. The van der Waals surface area contributed by atoms with Crippen LogP contribution >= 0.6 is 0 Å². The number of carbonyl (C=O) groups excluding carboxylic acids is 1. The molecular formula is C32H33N3NiO3. The van der Waals surface area contributed by atoms with Crippen LogP contribution in [0.25, 0.3) is 0 Å². The molecule has 0 aliphatic carbocycles. The minimum atomic E-state index is -1.23. The molecule has 0 radical (unpaired) electrons. The van der Waals surface area contributed by atoms with Gasteiger partial charge in [0.1, 0.15) is 0 Å². The number of likely N-dealkylation sites (tertiary alicyclic amines) is 1. The van der Waals surface area contributed by atoms with Gasteiger partial charge in [0, 0.05) is 23.7 Å². The van der Waals surface area contributed by atoms with Crippen molar-refractivity contribution in [2.45, 2.75) is 50.7 Å². The average Bonchev–Trinajstić information content (AvgIpc) is 3.40. The Morgan fingerprint density at radius 1 is 1.00 bits per heavy atom. The summed E-state index contributed by atoms with van der Waals surface area (Å²) in [7, 11) is 0. The molecule has 0 unspecified atom stereocenters. The zero-order chi connectivity index (χ0) is 26.7. The zero-order valence-electron chi connectivity index (χ0n) is 21.9. The van der Waals surface area contributed by atoms with E-state index in [1.807, 2.05) is 66.7 Å². The van der Waals surface area contributed by atoms with Crippen molar-refractivity contribution >= 4 is 23.3 Å². The molecule has 204 valence electrons. The van der Waals surface area contributed by atoms with E-state index in [2.05, 4.69) is 33.6 Å². The Kier molecular flexibility index (Phi) is 11.7. The monoisotopic (exact) mass is 565 g/mol. The minimum absolute atomic E-state index is 0. The SMILES string of the molecule is C=CCCC[C@H](N=C(c1ccccc1)c1ccccc1N=C([O-])[C@H]1CCCN1Cc1ccccc1)C(=O)[O-].[Ni+2]. The normalized spacial score (nSPS) is 16.9. The molecule has 2 atom stereocenters. The van der Waals surface area contributed by atoms with Gasteiger partial charge in [-0.3, -0.25) is 14.9 Å². The molecule has 1 saturated heterocycles. The molecule has 0 spiro atoms. The number of hydrogen-bond acceptors (Lipinski definition) is 6. The van der Waals surface area contributed by atoms with Crippen molar-refractivity contribution in [2.75, 3.05) is 6.54 Å². The Morgan fingerprint density at radius 2 is 1.67 bits per heavy atom. The molecule has 39 heavy (non-hydrogen) atoms. The Morgan fingerprint density at radius 3 is 2.36 bits per heavy atom. The first-order valence-corrected chi connectivity index (χ1v) is 13.1. The van der Waals surface area contributed by atoms with Crippen molar-refractivity contribution in [1.82, 2.24) is 4.90 Å². The molecule has 0 N–H and O–H groups in total. The van der Waals surface area contributed by atoms with Crippen LogP contribution in [0.5, 0.6) is 0 Å². The van der Waals surface area contributed by atoms with E-state index < -0.39 is 12.0 Å². The third-order valence-electron chi connectivity index (χ3n) is 6.76. The molecule has 1 aliphatic heterocycles. The third kappa shape index (κ3) is 8.22. The third-order valence-corrected chi connectivity index (χ3v) is 6.76. The topological polar surface area (TPSA) is 91.2 Å². The van der Waals surface area contributed by atoms with Crippen LogP contribution in [0.2, 0.25) is 0 Å². The molecule has 0 amide bonds. The van der Waals surface area contributed by atoms with Crippen LogP contribution < -0.4 is 10.2 Å². The molecule has 4 rings (SSSR count). The number of benzene rings is 3. The first-order valence-electron chi connectivity index (χ1n) is 13.1. The summed E-state index contributed by atoms with van der Waals surface area (Å²) in [6.45, 7) is 5.25. The van der Waals surface area contributed by atoms with E-state index in [1.54, 1.807) is 12.1 Å². The van der Waals surface area contributed by atoms with E-state index in [9.17, 15) is 15.0 Å². The number of rotatable bonds is 12. The van der Waals surface area contributed by atoms with Gasteiger partial charge in [-0.15, -0.1) is 6.58 Å². The summed E-state index contributed by atoms with van der Waals surface area (Å²) >= 11 is 0. The molecule has 1 heterocycles. The van der Waals surface area contributed by atoms with Crippen LogP contribution in [0, 0.1) is 0 Å². The van der Waals surface area contributed by atoms with Crippen LogP contribution in [0.1, 0.15) is 48.8 Å². The first-order chi connectivity index (χ1) is 18.6. The second-order valence-electron chi connectivity index (χ2n) is 9.48. The number of nitrogens with zero attached hydrogens (tertiary/aromatic N) is 3. The molecule has 3 aromatic carbocycles. The Labute approximate surface area is 240 Å². The zero-order valence-corrected chi connectivity index (χ0v) is 22.8. The fourth-order valence-corrected chi connectivity index (χ4v) is 4.82. The maximum Gasteiger partial charge on any atom is 2.00 e. The average molecular weight is 566 g/mol. The number of hydrogen-bond donors (Lipinski definition) is 0. The number of carbonyl (C=O) groups is 1. The minimum Gasteiger partial charge on any atom is -0.861 e. The molecule has 0 aromatic heterocycles. The summed E-state index contributed by atoms with van der Waals surface area (Å²) in [5.41, 5.74) is 3.50. The van der Waals surface area contributed by atoms with Gasteiger partial charge in [-0.1, -0.05) is 84.9 Å². The van der Waals surface area contributed by atoms with Gasteiger partial charge in [0.05, 0.1) is 23.4 Å². The van der Waals surface area contributed by atoms with E-state index in [4.69, 9.17) is 0 Å². The van der Waals surface area contributed by atoms with Crippen LogP contribution in [-0.2, 0) is 27.8 Å². The summed E-state index contributed by atoms with van der Waals surface area (Å²) in [4.78, 5) is 23.4. The predicted octanol–water partition coefficient (Wildman–Crippen LogP) is 4.05. The predicted molar refractivity (Wildman–Crippen MR) is 148 cm³/mol. The van der Waals surface area contributed by atoms with E-state index in [0.717, 1.165) is 30.5 Å². The molecule has 0 saturated carbocycles. The number of aliphatic imine (C=N–C) groups is 2. The van der Waals surface area contributed by atoms with Crippen molar-refractivity contribution in [3.05, 3.63) is 114 Å². The largest absolute Gasteiger partial charge is 2.00 e. The molecule has 3 aromatic rings. The Bertz CT molecular complexity index is 1280. The van der Waals surface area contributed by atoms with E-state index in [1.165, 1.54) is 0 Å². The molecule has 6 nitrogen and oxygen atoms in total. The number of carboxylic acid groups (broad SMARTS) is 1. The molecular weight excluding hydrogens is 533 g/mol. The fourth-order valence-electron chi connectivity index (χ4n) is 4.82. The maximum absolute atomic E-state index is 13.5. The van der Waals surface area contributed by atoms with Gasteiger partial charge in [0.2, 0.25) is 0 Å². The van der Waals surface area contributed by atoms with Crippen molar-refractivity contribution < 1.29 is 31.5 Å². The summed E-state index contributed by atoms with van der Waals surface area (Å²) < 4.78 is 0. The summed E-state index contributed by atoms with van der Waals surface area (Å²) in [6.07, 6.45) is 5.12. The fraction of sp³-hybridized carbons (Fsp3) is 0.281. The van der Waals surface area contributed by atoms with Crippen LogP contribution in [0.3, 0.4) is 0 Å². The van der Waals surface area contributed by atoms with Gasteiger partial charge >= 0.3 is 16.5 Å². The Balaban J connectivity index is 0.00000420. The smallest absolute Gasteiger partial charge is 0.861 e. The van der Waals surface area contributed by atoms with E-state index >= 15 is 0 Å². The van der Waals surface area contributed by atoms with E-state index in [0.29, 0.717) is 42.8 Å². The number of para-hydroxylation sites is 1. The molecule has 1 aliphatic rings. The maximum atomic E-state index is 13.5. The molecule has 1 fully saturated rings. The summed E-state index contributed by atoms with van der Waals surface area (Å²) in [5, 5.41) is 25.5.